The summed E-state index contributed by atoms with van der Waals surface area (Å²) < 4.78 is 6.04. The van der Waals surface area contributed by atoms with Crippen molar-refractivity contribution in [2.45, 2.75) is 33.3 Å². The Labute approximate surface area is 167 Å². The van der Waals surface area contributed by atoms with E-state index in [0.717, 1.165) is 48.4 Å². The van der Waals surface area contributed by atoms with Crippen molar-refractivity contribution in [1.82, 2.24) is 4.90 Å². The van der Waals surface area contributed by atoms with Crippen molar-refractivity contribution in [1.29, 1.82) is 10.8 Å². The minimum absolute atomic E-state index is 0.0831. The fourth-order valence-corrected chi connectivity index (χ4v) is 3.83. The van der Waals surface area contributed by atoms with E-state index in [4.69, 9.17) is 21.3 Å². The number of nitrogens with one attached hydrogen (secondary N) is 2. The van der Waals surface area contributed by atoms with E-state index >= 15 is 0 Å². The molecule has 1 atom stereocenters. The largest absolute Gasteiger partial charge is 0.384 e. The number of hydrogen-bond acceptors (Lipinski definition) is 3. The van der Waals surface area contributed by atoms with Crippen molar-refractivity contribution in [3.05, 3.63) is 59.2 Å². The lowest BCUT2D eigenvalue weighted by atomic mass is 9.98. The molecule has 1 aliphatic rings. The molecule has 148 valence electrons. The highest BCUT2D eigenvalue weighted by Gasteiger charge is 2.20. The molecule has 0 radical (unpaired) electrons. The van der Waals surface area contributed by atoms with E-state index < -0.39 is 0 Å². The number of benzene rings is 2. The van der Waals surface area contributed by atoms with E-state index in [1.54, 1.807) is 0 Å². The molecule has 2 aromatic rings. The lowest BCUT2D eigenvalue weighted by molar-refractivity contribution is 0.0651. The maximum atomic E-state index is 7.82. The number of nitrogens with two attached hydrogens (primary N) is 1. The fraction of sp³-hybridized carbons (Fsp3) is 0.391. The van der Waals surface area contributed by atoms with Gasteiger partial charge in [-0.3, -0.25) is 10.8 Å². The molecular formula is C23H30N4O. The molecular weight excluding hydrogens is 348 g/mol. The second-order valence-corrected chi connectivity index (χ2v) is 7.76. The Kier molecular flexibility index (Phi) is 6.47. The third-order valence-corrected chi connectivity index (χ3v) is 5.26. The van der Waals surface area contributed by atoms with E-state index in [1.165, 1.54) is 12.0 Å². The van der Waals surface area contributed by atoms with Crippen molar-refractivity contribution in [3.8, 4) is 11.1 Å². The van der Waals surface area contributed by atoms with Crippen molar-refractivity contribution in [2.24, 2.45) is 11.7 Å². The first-order chi connectivity index (χ1) is 13.4. The summed E-state index contributed by atoms with van der Waals surface area (Å²) in [5, 5.41) is 15.5. The van der Waals surface area contributed by atoms with Crippen molar-refractivity contribution in [2.75, 3.05) is 19.7 Å². The van der Waals surface area contributed by atoms with Gasteiger partial charge in [0.05, 0.1) is 19.0 Å². The Bertz CT molecular complexity index is 861. The lowest BCUT2D eigenvalue weighted by Crippen LogP contribution is -2.39. The van der Waals surface area contributed by atoms with Gasteiger partial charge >= 0.3 is 0 Å². The van der Waals surface area contributed by atoms with Gasteiger partial charge in [-0.25, -0.2) is 0 Å². The normalized spacial score (nSPS) is 16.8. The predicted molar refractivity (Wildman–Crippen MR) is 115 cm³/mol. The molecule has 28 heavy (non-hydrogen) atoms. The smallest absolute Gasteiger partial charge is 0.122 e. The summed E-state index contributed by atoms with van der Waals surface area (Å²) in [4.78, 5) is 2.14. The predicted octanol–water partition coefficient (Wildman–Crippen LogP) is 4.17. The molecule has 4 N–H and O–H groups in total. The number of amidine groups is 2. The highest BCUT2D eigenvalue weighted by molar-refractivity contribution is 5.96. The number of rotatable bonds is 6. The Morgan fingerprint density at radius 3 is 2.75 bits per heavy atom. The van der Waals surface area contributed by atoms with Gasteiger partial charge < -0.3 is 15.4 Å². The summed E-state index contributed by atoms with van der Waals surface area (Å²) in [6, 6.07) is 14.3. The average molecular weight is 379 g/mol. The SMILES string of the molecule is CC(=N)N1CCCC(COCc2cc(C)cc(-c3cccc(C(=N)N)c3)c2)C1. The van der Waals surface area contributed by atoms with Crippen LogP contribution < -0.4 is 5.73 Å². The summed E-state index contributed by atoms with van der Waals surface area (Å²) in [5.41, 5.74) is 10.9. The van der Waals surface area contributed by atoms with Gasteiger partial charge in [0.25, 0.3) is 0 Å². The maximum Gasteiger partial charge on any atom is 0.122 e. The summed E-state index contributed by atoms with van der Waals surface area (Å²) in [6.07, 6.45) is 2.30. The summed E-state index contributed by atoms with van der Waals surface area (Å²) in [6.45, 7) is 7.18. The number of ether oxygens (including phenoxy) is 1. The van der Waals surface area contributed by atoms with Crippen LogP contribution in [0.3, 0.4) is 0 Å². The Morgan fingerprint density at radius 1 is 1.18 bits per heavy atom. The van der Waals surface area contributed by atoms with Crippen LogP contribution >= 0.6 is 0 Å². The number of hydrogen-bond donors (Lipinski definition) is 3. The van der Waals surface area contributed by atoms with Gasteiger partial charge in [0.15, 0.2) is 0 Å². The summed E-state index contributed by atoms with van der Waals surface area (Å²) >= 11 is 0. The van der Waals surface area contributed by atoms with Crippen molar-refractivity contribution in [3.63, 3.8) is 0 Å². The van der Waals surface area contributed by atoms with Gasteiger partial charge in [0.1, 0.15) is 5.84 Å². The molecule has 1 unspecified atom stereocenters. The zero-order valence-electron chi connectivity index (χ0n) is 16.8. The molecule has 0 spiro atoms. The van der Waals surface area contributed by atoms with E-state index in [1.807, 2.05) is 31.2 Å². The topological polar surface area (TPSA) is 86.2 Å². The molecule has 0 saturated carbocycles. The van der Waals surface area contributed by atoms with Gasteiger partial charge in [-0.1, -0.05) is 35.9 Å². The minimum Gasteiger partial charge on any atom is -0.384 e. The Balaban J connectivity index is 1.64. The second kappa shape index (κ2) is 9.02. The fourth-order valence-electron chi connectivity index (χ4n) is 3.83. The number of piperidine rings is 1. The number of nitrogens with zero attached hydrogens (tertiary/aromatic N) is 1. The molecule has 1 saturated heterocycles. The first-order valence-electron chi connectivity index (χ1n) is 9.85. The molecule has 0 aliphatic carbocycles. The van der Waals surface area contributed by atoms with E-state index in [-0.39, 0.29) is 5.84 Å². The second-order valence-electron chi connectivity index (χ2n) is 7.76. The standard InChI is InChI=1S/C23H30N4O/c1-16-9-19(15-28-14-18-5-4-8-27(13-18)17(2)24)11-22(10-16)20-6-3-7-21(12-20)23(25)26/h3,6-7,9-12,18,24H,4-5,8,13-15H2,1-2H3,(H3,25,26). The highest BCUT2D eigenvalue weighted by atomic mass is 16.5. The van der Waals surface area contributed by atoms with Crippen LogP contribution in [0.15, 0.2) is 42.5 Å². The minimum atomic E-state index is 0.0831. The molecule has 1 heterocycles. The number of likely N-dealkylation sites (tertiary alicyclic amines) is 1. The molecule has 0 amide bonds. The molecule has 0 bridgehead atoms. The molecule has 1 fully saturated rings. The monoisotopic (exact) mass is 378 g/mol. The third kappa shape index (κ3) is 5.20. The zero-order valence-corrected chi connectivity index (χ0v) is 16.8. The third-order valence-electron chi connectivity index (χ3n) is 5.26. The molecule has 3 rings (SSSR count). The van der Waals surface area contributed by atoms with E-state index in [9.17, 15) is 0 Å². The Hall–Kier alpha value is -2.66. The molecule has 1 aliphatic heterocycles. The maximum absolute atomic E-state index is 7.82. The molecule has 5 nitrogen and oxygen atoms in total. The van der Waals surface area contributed by atoms with Gasteiger partial charge in [-0.05, 0) is 61.4 Å². The first-order valence-corrected chi connectivity index (χ1v) is 9.85. The summed E-state index contributed by atoms with van der Waals surface area (Å²) in [5.74, 6) is 1.23. The van der Waals surface area contributed by atoms with E-state index in [0.29, 0.717) is 18.4 Å². The van der Waals surface area contributed by atoms with Gasteiger partial charge in [-0.2, -0.15) is 0 Å². The van der Waals surface area contributed by atoms with Crippen LogP contribution in [0.4, 0.5) is 0 Å². The number of nitrogen functional groups attached to an aromatic ring is 1. The van der Waals surface area contributed by atoms with Crippen LogP contribution in [0.2, 0.25) is 0 Å². The summed E-state index contributed by atoms with van der Waals surface area (Å²) in [7, 11) is 0. The molecule has 0 aromatic heterocycles. The highest BCUT2D eigenvalue weighted by Crippen LogP contribution is 2.24. The average Bonchev–Trinajstić information content (AvgIpc) is 2.68. The van der Waals surface area contributed by atoms with Gasteiger partial charge in [-0.15, -0.1) is 0 Å². The molecule has 2 aromatic carbocycles. The van der Waals surface area contributed by atoms with Crippen LogP contribution in [0.1, 0.15) is 36.5 Å². The van der Waals surface area contributed by atoms with Crippen LogP contribution in [-0.2, 0) is 11.3 Å². The Morgan fingerprint density at radius 2 is 2.00 bits per heavy atom. The quantitative estimate of drug-likeness (QED) is 0.521. The van der Waals surface area contributed by atoms with Crippen molar-refractivity contribution >= 4 is 11.7 Å². The molecule has 5 heteroatoms. The lowest BCUT2D eigenvalue weighted by Gasteiger charge is -2.33. The van der Waals surface area contributed by atoms with Gasteiger partial charge in [0, 0.05) is 18.7 Å². The van der Waals surface area contributed by atoms with Crippen LogP contribution in [0, 0.1) is 23.7 Å². The van der Waals surface area contributed by atoms with Crippen LogP contribution in [0.25, 0.3) is 11.1 Å². The van der Waals surface area contributed by atoms with Crippen LogP contribution in [0.5, 0.6) is 0 Å². The zero-order chi connectivity index (χ0) is 20.1. The van der Waals surface area contributed by atoms with Crippen molar-refractivity contribution < 1.29 is 4.74 Å². The number of aryl methyl sites for hydroxylation is 1. The first kappa shape index (κ1) is 20.1. The van der Waals surface area contributed by atoms with E-state index in [2.05, 4.69) is 30.0 Å². The van der Waals surface area contributed by atoms with Gasteiger partial charge in [0.2, 0.25) is 0 Å². The van der Waals surface area contributed by atoms with Crippen LogP contribution in [-0.4, -0.2) is 36.3 Å².